The zero-order valence-electron chi connectivity index (χ0n) is 18.0. The van der Waals surface area contributed by atoms with Gasteiger partial charge < -0.3 is 19.4 Å². The molecular formula is C21H27F3N4O4. The second-order valence-electron chi connectivity index (χ2n) is 8.05. The van der Waals surface area contributed by atoms with Crippen molar-refractivity contribution in [3.63, 3.8) is 0 Å². The van der Waals surface area contributed by atoms with Crippen LogP contribution in [0.25, 0.3) is 0 Å². The highest BCUT2D eigenvalue weighted by Gasteiger charge is 2.44. The molecule has 1 fully saturated rings. The van der Waals surface area contributed by atoms with Gasteiger partial charge in [0.25, 0.3) is 0 Å². The highest BCUT2D eigenvalue weighted by molar-refractivity contribution is 5.92. The Balaban J connectivity index is 1.75. The normalized spacial score (nSPS) is 25.0. The fourth-order valence-corrected chi connectivity index (χ4v) is 4.18. The predicted octanol–water partition coefficient (Wildman–Crippen LogP) is 3.67. The van der Waals surface area contributed by atoms with E-state index in [0.717, 1.165) is 18.6 Å². The first-order valence-electron chi connectivity index (χ1n) is 10.3. The molecule has 1 aromatic carbocycles. The molecule has 1 aromatic heterocycles. The lowest BCUT2D eigenvalue weighted by atomic mass is 9.63. The van der Waals surface area contributed by atoms with Gasteiger partial charge in [0.2, 0.25) is 0 Å². The van der Waals surface area contributed by atoms with E-state index in [1.807, 2.05) is 0 Å². The molecule has 0 amide bonds. The number of aliphatic hydroxyl groups excluding tert-OH is 1. The SMILES string of the molecule is CO/N=C1/[C@@H](Cn2cncn2)[C@H](COc2ccc(OC(F)(F)F)cc2)CCC1(C)CCO. The van der Waals surface area contributed by atoms with E-state index in [0.29, 0.717) is 25.3 Å². The average molecular weight is 456 g/mol. The zero-order chi connectivity index (χ0) is 23.2. The number of aliphatic hydroxyl groups is 1. The van der Waals surface area contributed by atoms with Crippen molar-refractivity contribution in [1.29, 1.82) is 0 Å². The zero-order valence-corrected chi connectivity index (χ0v) is 18.0. The molecule has 1 saturated carbocycles. The van der Waals surface area contributed by atoms with Crippen LogP contribution in [0.1, 0.15) is 26.2 Å². The minimum atomic E-state index is -4.74. The molecule has 8 nitrogen and oxygen atoms in total. The van der Waals surface area contributed by atoms with E-state index in [-0.39, 0.29) is 29.6 Å². The number of nitrogens with zero attached hydrogens (tertiary/aromatic N) is 4. The topological polar surface area (TPSA) is 91.0 Å². The van der Waals surface area contributed by atoms with E-state index in [1.165, 1.54) is 37.7 Å². The Bertz CT molecular complexity index is 874. The van der Waals surface area contributed by atoms with Gasteiger partial charge in [0.1, 0.15) is 31.3 Å². The van der Waals surface area contributed by atoms with Crippen molar-refractivity contribution < 1.29 is 32.6 Å². The van der Waals surface area contributed by atoms with Gasteiger partial charge in [0.05, 0.1) is 18.9 Å². The van der Waals surface area contributed by atoms with Gasteiger partial charge in [-0.3, -0.25) is 4.68 Å². The summed E-state index contributed by atoms with van der Waals surface area (Å²) in [5, 5.41) is 18.1. The van der Waals surface area contributed by atoms with Gasteiger partial charge in [-0.05, 0) is 43.5 Å². The molecule has 0 saturated heterocycles. The number of ether oxygens (including phenoxy) is 2. The van der Waals surface area contributed by atoms with Gasteiger partial charge in [-0.15, -0.1) is 13.2 Å². The van der Waals surface area contributed by atoms with Gasteiger partial charge >= 0.3 is 6.36 Å². The summed E-state index contributed by atoms with van der Waals surface area (Å²) in [6.07, 6.45) is 0.497. The summed E-state index contributed by atoms with van der Waals surface area (Å²) in [6.45, 7) is 2.93. The lowest BCUT2D eigenvalue weighted by molar-refractivity contribution is -0.274. The van der Waals surface area contributed by atoms with Crippen LogP contribution in [0, 0.1) is 17.3 Å². The van der Waals surface area contributed by atoms with Crippen LogP contribution >= 0.6 is 0 Å². The number of rotatable bonds is 9. The molecule has 0 aliphatic heterocycles. The van der Waals surface area contributed by atoms with Crippen LogP contribution in [0.5, 0.6) is 11.5 Å². The largest absolute Gasteiger partial charge is 0.573 e. The quantitative estimate of drug-likeness (QED) is 0.579. The van der Waals surface area contributed by atoms with E-state index in [9.17, 15) is 18.3 Å². The van der Waals surface area contributed by atoms with Crippen molar-refractivity contribution in [1.82, 2.24) is 14.8 Å². The molecule has 3 atom stereocenters. The van der Waals surface area contributed by atoms with E-state index < -0.39 is 6.36 Å². The number of halogens is 3. The summed E-state index contributed by atoms with van der Waals surface area (Å²) < 4.78 is 48.6. The Morgan fingerprint density at radius 3 is 2.56 bits per heavy atom. The van der Waals surface area contributed by atoms with Crippen molar-refractivity contribution in [2.45, 2.75) is 39.1 Å². The van der Waals surface area contributed by atoms with Crippen LogP contribution in [0.3, 0.4) is 0 Å². The smallest absolute Gasteiger partial charge is 0.493 e. The first kappa shape index (κ1) is 23.8. The number of hydrogen-bond acceptors (Lipinski definition) is 7. The van der Waals surface area contributed by atoms with Gasteiger partial charge in [-0.2, -0.15) is 5.10 Å². The second kappa shape index (κ2) is 10.2. The molecule has 3 rings (SSSR count). The first-order chi connectivity index (χ1) is 15.2. The number of hydrogen-bond donors (Lipinski definition) is 1. The maximum atomic E-state index is 12.3. The maximum absolute atomic E-state index is 12.3. The summed E-state index contributed by atoms with van der Waals surface area (Å²) in [5.41, 5.74) is 0.502. The molecular weight excluding hydrogens is 429 g/mol. The van der Waals surface area contributed by atoms with Crippen molar-refractivity contribution in [2.75, 3.05) is 20.3 Å². The van der Waals surface area contributed by atoms with Crippen molar-refractivity contribution in [3.8, 4) is 11.5 Å². The van der Waals surface area contributed by atoms with E-state index in [2.05, 4.69) is 26.9 Å². The summed E-state index contributed by atoms with van der Waals surface area (Å²) in [5.74, 6) is 0.0922. The molecule has 1 N–H and O–H groups in total. The minimum absolute atomic E-state index is 0.0305. The Labute approximate surface area is 184 Å². The number of oxime groups is 1. The third-order valence-corrected chi connectivity index (χ3v) is 5.83. The van der Waals surface area contributed by atoms with Gasteiger partial charge in [0, 0.05) is 23.9 Å². The molecule has 1 aliphatic carbocycles. The third-order valence-electron chi connectivity index (χ3n) is 5.83. The predicted molar refractivity (Wildman–Crippen MR) is 109 cm³/mol. The molecule has 2 aromatic rings. The molecule has 32 heavy (non-hydrogen) atoms. The third kappa shape index (κ3) is 6.12. The fourth-order valence-electron chi connectivity index (χ4n) is 4.18. The van der Waals surface area contributed by atoms with Gasteiger partial charge in [-0.25, -0.2) is 4.98 Å². The van der Waals surface area contributed by atoms with Crippen LogP contribution < -0.4 is 9.47 Å². The summed E-state index contributed by atoms with van der Waals surface area (Å²) >= 11 is 0. The number of aromatic nitrogens is 3. The maximum Gasteiger partial charge on any atom is 0.573 e. The van der Waals surface area contributed by atoms with Crippen LogP contribution in [-0.2, 0) is 11.4 Å². The van der Waals surface area contributed by atoms with Crippen LogP contribution in [0.2, 0.25) is 0 Å². The van der Waals surface area contributed by atoms with Gasteiger partial charge in [-0.1, -0.05) is 12.1 Å². The van der Waals surface area contributed by atoms with Crippen molar-refractivity contribution >= 4 is 5.71 Å². The van der Waals surface area contributed by atoms with Crippen LogP contribution in [0.15, 0.2) is 42.1 Å². The molecule has 0 spiro atoms. The highest BCUT2D eigenvalue weighted by Crippen LogP contribution is 2.43. The average Bonchev–Trinajstić information content (AvgIpc) is 3.24. The molecule has 0 radical (unpaired) electrons. The number of benzene rings is 1. The Morgan fingerprint density at radius 2 is 1.97 bits per heavy atom. The van der Waals surface area contributed by atoms with Crippen LogP contribution in [0.4, 0.5) is 13.2 Å². The molecule has 1 aliphatic rings. The van der Waals surface area contributed by atoms with Gasteiger partial charge in [0.15, 0.2) is 0 Å². The summed E-state index contributed by atoms with van der Waals surface area (Å²) in [7, 11) is 1.49. The van der Waals surface area contributed by atoms with Crippen molar-refractivity contribution in [2.24, 2.45) is 22.4 Å². The lowest BCUT2D eigenvalue weighted by Crippen LogP contribution is -2.46. The molecule has 0 bridgehead atoms. The second-order valence-corrected chi connectivity index (χ2v) is 8.05. The summed E-state index contributed by atoms with van der Waals surface area (Å²) in [4.78, 5) is 9.15. The molecule has 176 valence electrons. The Kier molecular flexibility index (Phi) is 7.60. The molecule has 1 heterocycles. The fraction of sp³-hybridized carbons (Fsp3) is 0.571. The van der Waals surface area contributed by atoms with Crippen LogP contribution in [-0.4, -0.2) is 52.3 Å². The van der Waals surface area contributed by atoms with Crippen molar-refractivity contribution in [3.05, 3.63) is 36.9 Å². The summed E-state index contributed by atoms with van der Waals surface area (Å²) in [6, 6.07) is 5.31. The Morgan fingerprint density at radius 1 is 1.25 bits per heavy atom. The minimum Gasteiger partial charge on any atom is -0.493 e. The van der Waals surface area contributed by atoms with E-state index in [1.54, 1.807) is 11.0 Å². The molecule has 1 unspecified atom stereocenters. The Hall–Kier alpha value is -2.82. The van der Waals surface area contributed by atoms with E-state index in [4.69, 9.17) is 9.57 Å². The number of alkyl halides is 3. The lowest BCUT2D eigenvalue weighted by Gasteiger charge is -2.43. The highest BCUT2D eigenvalue weighted by atomic mass is 19.4. The van der Waals surface area contributed by atoms with E-state index >= 15 is 0 Å². The first-order valence-corrected chi connectivity index (χ1v) is 10.3. The standard InChI is InChI=1S/C21H27F3N4O4/c1-20(9-10-29)8-7-15(18(19(20)27-30-2)11-28-14-25-13-26-28)12-31-16-3-5-17(6-4-16)32-21(22,23)24/h3-6,13-15,18,29H,7-12H2,1-2H3/b27-19-/t15-,18-,20?/m0/s1. The molecule has 11 heteroatoms. The monoisotopic (exact) mass is 456 g/mol.